The van der Waals surface area contributed by atoms with Gasteiger partial charge in [0.2, 0.25) is 11.8 Å². The lowest BCUT2D eigenvalue weighted by Crippen LogP contribution is -2.51. The number of rotatable bonds is 13. The van der Waals surface area contributed by atoms with Gasteiger partial charge < -0.3 is 30.6 Å². The van der Waals surface area contributed by atoms with Crippen molar-refractivity contribution >= 4 is 29.3 Å². The van der Waals surface area contributed by atoms with E-state index in [1.54, 1.807) is 18.2 Å². The van der Waals surface area contributed by atoms with Crippen LogP contribution >= 0.6 is 11.8 Å². The molecule has 172 valence electrons. The van der Waals surface area contributed by atoms with Crippen LogP contribution in [0.3, 0.4) is 0 Å². The standard InChI is InChI=1S/C19H28N4O7S/c1-19(2,12-20-16(25)7-4-8-30-23(27)28)21-9-13(24)10-29-15-6-3-5-14-18(15)31-11-17(26)22-14/h3,5-6,13,21,24H,4,7-12H2,1-2H3,(H,20,25)(H,22,26). The second-order valence-electron chi connectivity index (χ2n) is 7.64. The van der Waals surface area contributed by atoms with Crippen molar-refractivity contribution in [2.75, 3.05) is 37.4 Å². The average molecular weight is 457 g/mol. The second-order valence-corrected chi connectivity index (χ2v) is 8.62. The van der Waals surface area contributed by atoms with Gasteiger partial charge in [-0.25, -0.2) is 0 Å². The Morgan fingerprint density at radius 2 is 2.23 bits per heavy atom. The van der Waals surface area contributed by atoms with E-state index in [1.807, 2.05) is 13.8 Å². The first-order valence-corrected chi connectivity index (χ1v) is 10.8. The van der Waals surface area contributed by atoms with E-state index in [2.05, 4.69) is 20.8 Å². The minimum Gasteiger partial charge on any atom is -0.490 e. The number of amides is 2. The molecule has 0 aromatic heterocycles. The molecular formula is C19H28N4O7S. The highest BCUT2D eigenvalue weighted by atomic mass is 32.2. The maximum atomic E-state index is 11.8. The monoisotopic (exact) mass is 456 g/mol. The lowest BCUT2D eigenvalue weighted by atomic mass is 10.1. The number of hydrogen-bond donors (Lipinski definition) is 4. The number of β-amino-alcohol motifs (C(OH)–C–C–N with tert-alkyl or cyclic N) is 1. The summed E-state index contributed by atoms with van der Waals surface area (Å²) in [7, 11) is 0. The molecule has 1 aliphatic rings. The molecule has 4 N–H and O–H groups in total. The number of carbonyl (C=O) groups excluding carboxylic acids is 2. The molecule has 0 spiro atoms. The van der Waals surface area contributed by atoms with Crippen molar-refractivity contribution in [1.29, 1.82) is 0 Å². The third-order valence-corrected chi connectivity index (χ3v) is 5.44. The summed E-state index contributed by atoms with van der Waals surface area (Å²) in [6, 6.07) is 5.37. The van der Waals surface area contributed by atoms with Gasteiger partial charge >= 0.3 is 0 Å². The molecule has 0 radical (unpaired) electrons. The largest absolute Gasteiger partial charge is 0.490 e. The Labute approximate surface area is 184 Å². The molecule has 0 saturated heterocycles. The summed E-state index contributed by atoms with van der Waals surface area (Å²) in [5.41, 5.74) is 0.216. The molecule has 1 heterocycles. The summed E-state index contributed by atoms with van der Waals surface area (Å²) >= 11 is 1.39. The lowest BCUT2D eigenvalue weighted by molar-refractivity contribution is -0.757. The number of carbonyl (C=O) groups is 2. The highest BCUT2D eigenvalue weighted by Gasteiger charge is 2.22. The second kappa shape index (κ2) is 11.7. The van der Waals surface area contributed by atoms with E-state index in [0.717, 1.165) is 4.90 Å². The Balaban J connectivity index is 1.69. The van der Waals surface area contributed by atoms with Gasteiger partial charge in [-0.2, -0.15) is 0 Å². The minimum absolute atomic E-state index is 0.0573. The van der Waals surface area contributed by atoms with Crippen molar-refractivity contribution in [2.24, 2.45) is 0 Å². The highest BCUT2D eigenvalue weighted by molar-refractivity contribution is 8.00. The molecule has 0 aliphatic carbocycles. The number of fused-ring (bicyclic) bond motifs is 1. The van der Waals surface area contributed by atoms with E-state index in [-0.39, 0.29) is 44.4 Å². The molecule has 1 aromatic carbocycles. The Morgan fingerprint density at radius 1 is 1.45 bits per heavy atom. The van der Waals surface area contributed by atoms with E-state index < -0.39 is 16.7 Å². The third-order valence-electron chi connectivity index (χ3n) is 4.32. The van der Waals surface area contributed by atoms with Crippen molar-refractivity contribution in [1.82, 2.24) is 10.6 Å². The molecule has 11 nitrogen and oxygen atoms in total. The molecule has 1 aliphatic heterocycles. The van der Waals surface area contributed by atoms with Gasteiger partial charge in [-0.05, 0) is 32.4 Å². The normalized spacial score (nSPS) is 14.2. The predicted octanol–water partition coefficient (Wildman–Crippen LogP) is 0.943. The molecule has 2 rings (SSSR count). The first-order valence-electron chi connectivity index (χ1n) is 9.82. The van der Waals surface area contributed by atoms with Crippen molar-refractivity contribution in [2.45, 2.75) is 43.2 Å². The maximum Gasteiger partial charge on any atom is 0.294 e. The summed E-state index contributed by atoms with van der Waals surface area (Å²) in [6.45, 7) is 4.27. The van der Waals surface area contributed by atoms with Gasteiger partial charge in [0, 0.05) is 25.0 Å². The van der Waals surface area contributed by atoms with Gasteiger partial charge in [0.15, 0.2) is 0 Å². The average Bonchev–Trinajstić information content (AvgIpc) is 2.72. The Bertz CT molecular complexity index is 791. The molecule has 0 bridgehead atoms. The van der Waals surface area contributed by atoms with E-state index in [9.17, 15) is 24.8 Å². The molecular weight excluding hydrogens is 428 g/mol. The smallest absolute Gasteiger partial charge is 0.294 e. The number of ether oxygens (including phenoxy) is 1. The first-order chi connectivity index (χ1) is 14.7. The fourth-order valence-corrected chi connectivity index (χ4v) is 3.57. The lowest BCUT2D eigenvalue weighted by Gasteiger charge is -2.28. The summed E-state index contributed by atoms with van der Waals surface area (Å²) in [4.78, 5) is 38.4. The quantitative estimate of drug-likeness (QED) is 0.193. The number of anilines is 1. The number of benzene rings is 1. The van der Waals surface area contributed by atoms with Crippen LogP contribution in [-0.4, -0.2) is 65.7 Å². The summed E-state index contributed by atoms with van der Waals surface area (Å²) < 4.78 is 5.74. The molecule has 1 aromatic rings. The van der Waals surface area contributed by atoms with Gasteiger partial charge in [0.1, 0.15) is 18.5 Å². The first kappa shape index (κ1) is 24.7. The zero-order chi connectivity index (χ0) is 22.9. The van der Waals surface area contributed by atoms with Crippen LogP contribution in [0.5, 0.6) is 5.75 Å². The van der Waals surface area contributed by atoms with Crippen LogP contribution in [0.4, 0.5) is 5.69 Å². The molecule has 1 atom stereocenters. The van der Waals surface area contributed by atoms with Crippen LogP contribution < -0.4 is 20.7 Å². The number of aliphatic hydroxyl groups excluding tert-OH is 1. The van der Waals surface area contributed by atoms with E-state index in [1.165, 1.54) is 11.8 Å². The zero-order valence-corrected chi connectivity index (χ0v) is 18.3. The predicted molar refractivity (Wildman–Crippen MR) is 115 cm³/mol. The van der Waals surface area contributed by atoms with Crippen LogP contribution in [0, 0.1) is 10.1 Å². The SMILES string of the molecule is CC(C)(CNC(=O)CCCO[N+](=O)[O-])NCC(O)COc1cccc2c1SCC(=O)N2. The Morgan fingerprint density at radius 3 is 2.97 bits per heavy atom. The van der Waals surface area contributed by atoms with Gasteiger partial charge in [-0.1, -0.05) is 6.07 Å². The summed E-state index contributed by atoms with van der Waals surface area (Å²) in [5, 5.41) is 28.2. The summed E-state index contributed by atoms with van der Waals surface area (Å²) in [5.74, 6) is 0.636. The third kappa shape index (κ3) is 8.99. The van der Waals surface area contributed by atoms with Gasteiger partial charge in [0.25, 0.3) is 5.09 Å². The number of aliphatic hydroxyl groups is 1. The van der Waals surface area contributed by atoms with Crippen molar-refractivity contribution in [3.8, 4) is 5.75 Å². The summed E-state index contributed by atoms with van der Waals surface area (Å²) in [6.07, 6.45) is -0.407. The van der Waals surface area contributed by atoms with Crippen molar-refractivity contribution in [3.05, 3.63) is 28.3 Å². The number of hydrogen-bond acceptors (Lipinski definition) is 9. The maximum absolute atomic E-state index is 11.8. The minimum atomic E-state index is -0.886. The van der Waals surface area contributed by atoms with E-state index in [0.29, 0.717) is 23.7 Å². The molecule has 2 amide bonds. The Hall–Kier alpha value is -2.57. The molecule has 12 heteroatoms. The fourth-order valence-electron chi connectivity index (χ4n) is 2.68. The topological polar surface area (TPSA) is 152 Å². The van der Waals surface area contributed by atoms with Gasteiger partial charge in [-0.15, -0.1) is 21.9 Å². The number of nitrogens with one attached hydrogen (secondary N) is 3. The van der Waals surface area contributed by atoms with Gasteiger partial charge in [-0.3, -0.25) is 9.59 Å². The number of thioether (sulfide) groups is 1. The Kier molecular flexibility index (Phi) is 9.34. The zero-order valence-electron chi connectivity index (χ0n) is 17.5. The van der Waals surface area contributed by atoms with Crippen LogP contribution in [0.2, 0.25) is 0 Å². The molecule has 0 fully saturated rings. The van der Waals surface area contributed by atoms with Crippen LogP contribution in [0.1, 0.15) is 26.7 Å². The highest BCUT2D eigenvalue weighted by Crippen LogP contribution is 2.38. The van der Waals surface area contributed by atoms with Crippen molar-refractivity contribution in [3.63, 3.8) is 0 Å². The molecule has 0 saturated carbocycles. The fraction of sp³-hybridized carbons (Fsp3) is 0.579. The van der Waals surface area contributed by atoms with E-state index >= 15 is 0 Å². The molecule has 1 unspecified atom stereocenters. The number of nitrogens with zero attached hydrogens (tertiary/aromatic N) is 1. The van der Waals surface area contributed by atoms with Crippen LogP contribution in [0.15, 0.2) is 23.1 Å². The van der Waals surface area contributed by atoms with Gasteiger partial charge in [0.05, 0.1) is 22.9 Å². The molecule has 31 heavy (non-hydrogen) atoms. The van der Waals surface area contributed by atoms with Crippen LogP contribution in [0.25, 0.3) is 0 Å². The van der Waals surface area contributed by atoms with Crippen molar-refractivity contribution < 1.29 is 29.4 Å². The van der Waals surface area contributed by atoms with Crippen LogP contribution in [-0.2, 0) is 14.4 Å². The van der Waals surface area contributed by atoms with E-state index in [4.69, 9.17) is 4.74 Å².